The second kappa shape index (κ2) is 6.16. The summed E-state index contributed by atoms with van der Waals surface area (Å²) in [7, 11) is 0. The summed E-state index contributed by atoms with van der Waals surface area (Å²) in [6.45, 7) is 6.56. The molecule has 1 amide bonds. The number of rotatable bonds is 3. The van der Waals surface area contributed by atoms with E-state index < -0.39 is 0 Å². The molecule has 1 aromatic heterocycles. The minimum absolute atomic E-state index is 0.198. The molecule has 1 aliphatic heterocycles. The van der Waals surface area contributed by atoms with E-state index in [1.54, 1.807) is 6.92 Å². The molecule has 3 rings (SSSR count). The molecule has 0 unspecified atom stereocenters. The van der Waals surface area contributed by atoms with Gasteiger partial charge in [-0.15, -0.1) is 11.3 Å². The standard InChI is InChI=1S/C17H22N2OS/c1-12-10-19(13(2)20)8-7-16(12)18-9-14-11-21-17-6-4-3-5-15(14)17/h3-6,11-12,16,18H,7-10H2,1-2H3/t12-,16-/m1/s1. The highest BCUT2D eigenvalue weighted by atomic mass is 32.1. The number of piperidine rings is 1. The van der Waals surface area contributed by atoms with Gasteiger partial charge in [-0.05, 0) is 34.7 Å². The molecule has 21 heavy (non-hydrogen) atoms. The molecule has 1 aliphatic rings. The molecule has 2 atom stereocenters. The highest BCUT2D eigenvalue weighted by Gasteiger charge is 2.26. The first-order valence-electron chi connectivity index (χ1n) is 7.59. The van der Waals surface area contributed by atoms with E-state index >= 15 is 0 Å². The fraction of sp³-hybridized carbons (Fsp3) is 0.471. The average Bonchev–Trinajstić information content (AvgIpc) is 2.89. The van der Waals surface area contributed by atoms with Crippen LogP contribution in [0.25, 0.3) is 10.1 Å². The summed E-state index contributed by atoms with van der Waals surface area (Å²) in [4.78, 5) is 13.4. The Labute approximate surface area is 130 Å². The van der Waals surface area contributed by atoms with Gasteiger partial charge < -0.3 is 10.2 Å². The number of thiophene rings is 1. The van der Waals surface area contributed by atoms with Crippen LogP contribution in [0, 0.1) is 5.92 Å². The van der Waals surface area contributed by atoms with Crippen LogP contribution in [-0.2, 0) is 11.3 Å². The lowest BCUT2D eigenvalue weighted by Gasteiger charge is -2.37. The number of carbonyl (C=O) groups is 1. The van der Waals surface area contributed by atoms with Crippen molar-refractivity contribution >= 4 is 27.3 Å². The lowest BCUT2D eigenvalue weighted by Crippen LogP contribution is -2.49. The zero-order valence-corrected chi connectivity index (χ0v) is 13.5. The monoisotopic (exact) mass is 302 g/mol. The highest BCUT2D eigenvalue weighted by molar-refractivity contribution is 7.17. The van der Waals surface area contributed by atoms with Crippen LogP contribution in [0.15, 0.2) is 29.6 Å². The van der Waals surface area contributed by atoms with Crippen molar-refractivity contribution in [2.45, 2.75) is 32.9 Å². The topological polar surface area (TPSA) is 32.3 Å². The first kappa shape index (κ1) is 14.5. The number of amides is 1. The molecule has 2 aromatic rings. The maximum absolute atomic E-state index is 11.4. The molecule has 0 spiro atoms. The van der Waals surface area contributed by atoms with Crippen LogP contribution >= 0.6 is 11.3 Å². The fourth-order valence-corrected chi connectivity index (χ4v) is 4.11. The third-order valence-electron chi connectivity index (χ3n) is 4.47. The van der Waals surface area contributed by atoms with E-state index in [2.05, 4.69) is 41.9 Å². The molecular weight excluding hydrogens is 280 g/mol. The van der Waals surface area contributed by atoms with E-state index in [9.17, 15) is 4.79 Å². The molecule has 112 valence electrons. The van der Waals surface area contributed by atoms with Gasteiger partial charge >= 0.3 is 0 Å². The van der Waals surface area contributed by atoms with Crippen molar-refractivity contribution in [3.63, 3.8) is 0 Å². The molecule has 0 aliphatic carbocycles. The summed E-state index contributed by atoms with van der Waals surface area (Å²) in [5.74, 6) is 0.705. The molecule has 0 bridgehead atoms. The van der Waals surface area contributed by atoms with E-state index in [1.807, 2.05) is 16.2 Å². The van der Waals surface area contributed by atoms with Crippen molar-refractivity contribution in [1.29, 1.82) is 0 Å². The molecule has 1 aromatic carbocycles. The zero-order valence-electron chi connectivity index (χ0n) is 12.6. The summed E-state index contributed by atoms with van der Waals surface area (Å²) in [6, 6.07) is 9.07. The van der Waals surface area contributed by atoms with Crippen molar-refractivity contribution in [1.82, 2.24) is 10.2 Å². The van der Waals surface area contributed by atoms with E-state index in [1.165, 1.54) is 15.6 Å². The first-order chi connectivity index (χ1) is 10.1. The van der Waals surface area contributed by atoms with Gasteiger partial charge in [0.25, 0.3) is 0 Å². The average molecular weight is 302 g/mol. The molecule has 1 fully saturated rings. The van der Waals surface area contributed by atoms with E-state index in [0.717, 1.165) is 26.1 Å². The zero-order chi connectivity index (χ0) is 14.8. The molecule has 2 heterocycles. The van der Waals surface area contributed by atoms with Gasteiger partial charge in [0.2, 0.25) is 5.91 Å². The van der Waals surface area contributed by atoms with Gasteiger partial charge in [0, 0.05) is 37.3 Å². The van der Waals surface area contributed by atoms with Gasteiger partial charge in [-0.3, -0.25) is 4.79 Å². The van der Waals surface area contributed by atoms with Crippen molar-refractivity contribution in [3.05, 3.63) is 35.2 Å². The Morgan fingerprint density at radius 3 is 3.00 bits per heavy atom. The number of fused-ring (bicyclic) bond motifs is 1. The Hall–Kier alpha value is -1.39. The van der Waals surface area contributed by atoms with Gasteiger partial charge in [0.05, 0.1) is 0 Å². The van der Waals surface area contributed by atoms with E-state index in [4.69, 9.17) is 0 Å². The smallest absolute Gasteiger partial charge is 0.219 e. The number of nitrogens with zero attached hydrogens (tertiary/aromatic N) is 1. The van der Waals surface area contributed by atoms with Crippen molar-refractivity contribution < 1.29 is 4.79 Å². The van der Waals surface area contributed by atoms with Crippen LogP contribution in [-0.4, -0.2) is 29.9 Å². The maximum Gasteiger partial charge on any atom is 0.219 e. The van der Waals surface area contributed by atoms with E-state index in [0.29, 0.717) is 12.0 Å². The quantitative estimate of drug-likeness (QED) is 0.944. The Bertz CT molecular complexity index is 637. The fourth-order valence-electron chi connectivity index (χ4n) is 3.15. The Morgan fingerprint density at radius 2 is 2.24 bits per heavy atom. The molecule has 4 heteroatoms. The van der Waals surface area contributed by atoms with Crippen LogP contribution < -0.4 is 5.32 Å². The molecule has 0 radical (unpaired) electrons. The number of likely N-dealkylation sites (tertiary alicyclic amines) is 1. The second-order valence-corrected chi connectivity index (χ2v) is 6.89. The van der Waals surface area contributed by atoms with Crippen LogP contribution in [0.3, 0.4) is 0 Å². The largest absolute Gasteiger partial charge is 0.343 e. The van der Waals surface area contributed by atoms with Crippen LogP contribution in [0.1, 0.15) is 25.8 Å². The predicted molar refractivity (Wildman–Crippen MR) is 88.5 cm³/mol. The number of carbonyl (C=O) groups excluding carboxylic acids is 1. The summed E-state index contributed by atoms with van der Waals surface area (Å²) in [6.07, 6.45) is 1.04. The van der Waals surface area contributed by atoms with Gasteiger partial charge in [-0.25, -0.2) is 0 Å². The lowest BCUT2D eigenvalue weighted by atomic mass is 9.93. The maximum atomic E-state index is 11.4. The number of hydrogen-bond donors (Lipinski definition) is 1. The van der Waals surface area contributed by atoms with Gasteiger partial charge in [0.15, 0.2) is 0 Å². The Kier molecular flexibility index (Phi) is 4.27. The van der Waals surface area contributed by atoms with Crippen molar-refractivity contribution in [3.8, 4) is 0 Å². The van der Waals surface area contributed by atoms with Crippen molar-refractivity contribution in [2.75, 3.05) is 13.1 Å². The SMILES string of the molecule is CC(=O)N1CC[C@@H](NCc2csc3ccccc23)[C@H](C)C1. The van der Waals surface area contributed by atoms with E-state index in [-0.39, 0.29) is 5.91 Å². The third-order valence-corrected chi connectivity index (χ3v) is 5.48. The normalized spacial score (nSPS) is 22.7. The predicted octanol–water partition coefficient (Wildman–Crippen LogP) is 3.25. The summed E-state index contributed by atoms with van der Waals surface area (Å²) < 4.78 is 1.36. The lowest BCUT2D eigenvalue weighted by molar-refractivity contribution is -0.130. The molecular formula is C17H22N2OS. The Morgan fingerprint density at radius 1 is 1.43 bits per heavy atom. The van der Waals surface area contributed by atoms with Crippen LogP contribution in [0.5, 0.6) is 0 Å². The van der Waals surface area contributed by atoms with Crippen molar-refractivity contribution in [2.24, 2.45) is 5.92 Å². The van der Waals surface area contributed by atoms with Gasteiger partial charge in [-0.2, -0.15) is 0 Å². The minimum Gasteiger partial charge on any atom is -0.343 e. The Balaban J connectivity index is 1.62. The molecule has 1 N–H and O–H groups in total. The summed E-state index contributed by atoms with van der Waals surface area (Å²) in [5.41, 5.74) is 1.39. The van der Waals surface area contributed by atoms with Crippen LogP contribution in [0.2, 0.25) is 0 Å². The minimum atomic E-state index is 0.198. The summed E-state index contributed by atoms with van der Waals surface area (Å²) >= 11 is 1.81. The number of nitrogens with one attached hydrogen (secondary N) is 1. The van der Waals surface area contributed by atoms with Crippen LogP contribution in [0.4, 0.5) is 0 Å². The second-order valence-electron chi connectivity index (χ2n) is 5.98. The molecule has 1 saturated heterocycles. The first-order valence-corrected chi connectivity index (χ1v) is 8.47. The summed E-state index contributed by atoms with van der Waals surface area (Å²) in [5, 5.41) is 7.32. The highest BCUT2D eigenvalue weighted by Crippen LogP contribution is 2.26. The van der Waals surface area contributed by atoms with Gasteiger partial charge in [0.1, 0.15) is 0 Å². The molecule has 0 saturated carbocycles. The third kappa shape index (κ3) is 3.11. The van der Waals surface area contributed by atoms with Gasteiger partial charge in [-0.1, -0.05) is 25.1 Å². The molecule has 3 nitrogen and oxygen atoms in total. The number of benzene rings is 1. The number of hydrogen-bond acceptors (Lipinski definition) is 3.